The smallest absolute Gasteiger partial charge is 0.381 e. The Labute approximate surface area is 143 Å². The average molecular weight is 351 g/mol. The normalized spacial score (nSPS) is 35.1. The predicted octanol–water partition coefficient (Wildman–Crippen LogP) is 4.01. The van der Waals surface area contributed by atoms with Crippen molar-refractivity contribution >= 4 is 0 Å². The molecule has 2 aliphatic carbocycles. The van der Waals surface area contributed by atoms with Gasteiger partial charge >= 0.3 is 6.18 Å². The minimum absolute atomic E-state index is 0.0126. The van der Waals surface area contributed by atoms with Crippen molar-refractivity contribution in [3.63, 3.8) is 0 Å². The molecular weight excluding hydrogens is 331 g/mol. The van der Waals surface area contributed by atoms with Crippen molar-refractivity contribution in [3.05, 3.63) is 47.5 Å². The van der Waals surface area contributed by atoms with Crippen LogP contribution in [-0.2, 0) is 11.8 Å². The average Bonchev–Trinajstić information content (AvgIpc) is 2.95. The summed E-state index contributed by atoms with van der Waals surface area (Å²) in [7, 11) is 0. The van der Waals surface area contributed by atoms with Crippen LogP contribution in [0, 0.1) is 11.3 Å². The molecule has 0 amide bonds. The van der Waals surface area contributed by atoms with Gasteiger partial charge in [-0.05, 0) is 42.4 Å². The molecule has 2 aliphatic rings. The SMILES string of the molecule is CC1C(c2ccc(C(F)(F)F)cc2)C12CCCCC2(O)c1nc[nH]n1. The van der Waals surface area contributed by atoms with Gasteiger partial charge in [-0.25, -0.2) is 4.98 Å². The summed E-state index contributed by atoms with van der Waals surface area (Å²) in [5.74, 6) is 0.570. The van der Waals surface area contributed by atoms with E-state index in [9.17, 15) is 18.3 Å². The Hall–Kier alpha value is -1.89. The van der Waals surface area contributed by atoms with Crippen LogP contribution in [-0.4, -0.2) is 20.3 Å². The lowest BCUT2D eigenvalue weighted by Crippen LogP contribution is -2.42. The van der Waals surface area contributed by atoms with E-state index < -0.39 is 22.8 Å². The number of nitrogens with zero attached hydrogens (tertiary/aromatic N) is 2. The third kappa shape index (κ3) is 2.25. The van der Waals surface area contributed by atoms with E-state index >= 15 is 0 Å². The highest BCUT2D eigenvalue weighted by molar-refractivity contribution is 5.39. The van der Waals surface area contributed by atoms with Crippen LogP contribution in [0.4, 0.5) is 13.2 Å². The van der Waals surface area contributed by atoms with E-state index in [0.717, 1.165) is 37.0 Å². The fraction of sp³-hybridized carbons (Fsp3) is 0.556. The standard InChI is InChI=1S/C18H20F3N3O/c1-11-14(12-4-6-13(7-5-12)18(19,20)21)16(11)8-2-3-9-17(16,25)15-22-10-23-24-15/h4-7,10-11,14,25H,2-3,8-9H2,1H3,(H,22,23,24). The van der Waals surface area contributed by atoms with Gasteiger partial charge in [0.05, 0.1) is 5.56 Å². The molecule has 134 valence electrons. The van der Waals surface area contributed by atoms with Crippen LogP contribution in [0.3, 0.4) is 0 Å². The first-order chi connectivity index (χ1) is 11.8. The summed E-state index contributed by atoms with van der Waals surface area (Å²) in [4.78, 5) is 4.19. The van der Waals surface area contributed by atoms with Gasteiger partial charge in [0.1, 0.15) is 11.9 Å². The summed E-state index contributed by atoms with van der Waals surface area (Å²) in [5.41, 5.74) is -1.35. The number of aliphatic hydroxyl groups is 1. The molecule has 2 fully saturated rings. The minimum atomic E-state index is -4.34. The summed E-state index contributed by atoms with van der Waals surface area (Å²) in [6, 6.07) is 5.35. The van der Waals surface area contributed by atoms with Crippen molar-refractivity contribution in [1.82, 2.24) is 15.2 Å². The number of aromatic nitrogens is 3. The minimum Gasteiger partial charge on any atom is -0.381 e. The van der Waals surface area contributed by atoms with Gasteiger partial charge in [0, 0.05) is 5.41 Å². The van der Waals surface area contributed by atoms with Crippen LogP contribution in [0.2, 0.25) is 0 Å². The van der Waals surface area contributed by atoms with Crippen molar-refractivity contribution < 1.29 is 18.3 Å². The van der Waals surface area contributed by atoms with E-state index in [0.29, 0.717) is 12.2 Å². The van der Waals surface area contributed by atoms with Crippen molar-refractivity contribution in [1.29, 1.82) is 0 Å². The van der Waals surface area contributed by atoms with E-state index in [-0.39, 0.29) is 11.8 Å². The van der Waals surface area contributed by atoms with Crippen LogP contribution < -0.4 is 0 Å². The van der Waals surface area contributed by atoms with Crippen molar-refractivity contribution in [2.24, 2.45) is 11.3 Å². The molecule has 4 rings (SSSR count). The van der Waals surface area contributed by atoms with Gasteiger partial charge in [0.25, 0.3) is 0 Å². The molecule has 0 radical (unpaired) electrons. The van der Waals surface area contributed by atoms with Crippen LogP contribution in [0.1, 0.15) is 55.5 Å². The molecule has 4 unspecified atom stereocenters. The Balaban J connectivity index is 1.71. The molecule has 0 aliphatic heterocycles. The monoisotopic (exact) mass is 351 g/mol. The zero-order valence-corrected chi connectivity index (χ0v) is 13.8. The topological polar surface area (TPSA) is 61.8 Å². The third-order valence-electron chi connectivity index (χ3n) is 6.29. The second-order valence-electron chi connectivity index (χ2n) is 7.32. The van der Waals surface area contributed by atoms with Crippen molar-refractivity contribution in [2.45, 2.75) is 50.3 Å². The largest absolute Gasteiger partial charge is 0.416 e. The zero-order chi connectivity index (χ0) is 17.9. The highest BCUT2D eigenvalue weighted by Crippen LogP contribution is 2.76. The quantitative estimate of drug-likeness (QED) is 0.859. The molecule has 4 atom stereocenters. The second-order valence-corrected chi connectivity index (χ2v) is 7.32. The molecule has 1 heterocycles. The lowest BCUT2D eigenvalue weighted by Gasteiger charge is -2.40. The number of alkyl halides is 3. The van der Waals surface area contributed by atoms with E-state index in [1.807, 2.05) is 0 Å². The van der Waals surface area contributed by atoms with E-state index in [4.69, 9.17) is 0 Å². The number of nitrogens with one attached hydrogen (secondary N) is 1. The Morgan fingerprint density at radius 3 is 2.44 bits per heavy atom. The van der Waals surface area contributed by atoms with Gasteiger partial charge < -0.3 is 5.11 Å². The van der Waals surface area contributed by atoms with Crippen molar-refractivity contribution in [2.75, 3.05) is 0 Å². The number of hydrogen-bond acceptors (Lipinski definition) is 3. The maximum absolute atomic E-state index is 12.8. The molecule has 7 heteroatoms. The number of halogens is 3. The second kappa shape index (κ2) is 5.30. The molecule has 1 spiro atoms. The predicted molar refractivity (Wildman–Crippen MR) is 84.5 cm³/mol. The highest BCUT2D eigenvalue weighted by Gasteiger charge is 2.73. The third-order valence-corrected chi connectivity index (χ3v) is 6.29. The first kappa shape index (κ1) is 16.6. The molecule has 1 aromatic heterocycles. The Morgan fingerprint density at radius 1 is 1.16 bits per heavy atom. The zero-order valence-electron chi connectivity index (χ0n) is 13.8. The number of aromatic amines is 1. The molecule has 0 bridgehead atoms. The first-order valence-electron chi connectivity index (χ1n) is 8.56. The van der Waals surface area contributed by atoms with E-state index in [2.05, 4.69) is 22.1 Å². The Morgan fingerprint density at radius 2 is 1.84 bits per heavy atom. The summed E-state index contributed by atoms with van der Waals surface area (Å²) in [6.07, 6.45) is 0.399. The molecule has 2 aromatic rings. The fourth-order valence-electron chi connectivity index (χ4n) is 5.08. The summed E-state index contributed by atoms with van der Waals surface area (Å²) in [5, 5.41) is 18.3. The Kier molecular flexibility index (Phi) is 3.51. The maximum Gasteiger partial charge on any atom is 0.416 e. The molecule has 1 aromatic carbocycles. The summed E-state index contributed by atoms with van der Waals surface area (Å²) >= 11 is 0. The summed E-state index contributed by atoms with van der Waals surface area (Å²) < 4.78 is 38.4. The molecule has 4 nitrogen and oxygen atoms in total. The van der Waals surface area contributed by atoms with Crippen LogP contribution in [0.25, 0.3) is 0 Å². The van der Waals surface area contributed by atoms with Gasteiger partial charge in [0.2, 0.25) is 0 Å². The lowest BCUT2D eigenvalue weighted by atomic mass is 9.69. The highest BCUT2D eigenvalue weighted by atomic mass is 19.4. The molecular formula is C18H20F3N3O. The number of H-pyrrole nitrogens is 1. The van der Waals surface area contributed by atoms with Crippen LogP contribution in [0.5, 0.6) is 0 Å². The number of benzene rings is 1. The van der Waals surface area contributed by atoms with E-state index in [1.54, 1.807) is 12.1 Å². The van der Waals surface area contributed by atoms with Gasteiger partial charge in [-0.2, -0.15) is 18.3 Å². The molecule has 2 N–H and O–H groups in total. The van der Waals surface area contributed by atoms with E-state index in [1.165, 1.54) is 6.33 Å². The summed E-state index contributed by atoms with van der Waals surface area (Å²) in [6.45, 7) is 2.06. The lowest BCUT2D eigenvalue weighted by molar-refractivity contribution is -0.137. The van der Waals surface area contributed by atoms with Gasteiger partial charge in [-0.15, -0.1) is 0 Å². The van der Waals surface area contributed by atoms with Crippen LogP contribution in [0.15, 0.2) is 30.6 Å². The van der Waals surface area contributed by atoms with Crippen molar-refractivity contribution in [3.8, 4) is 0 Å². The Bertz CT molecular complexity index is 759. The molecule has 2 saturated carbocycles. The molecule has 0 saturated heterocycles. The number of hydrogen-bond donors (Lipinski definition) is 2. The molecule has 25 heavy (non-hydrogen) atoms. The van der Waals surface area contributed by atoms with Crippen LogP contribution >= 0.6 is 0 Å². The fourth-order valence-corrected chi connectivity index (χ4v) is 5.08. The first-order valence-corrected chi connectivity index (χ1v) is 8.56. The van der Waals surface area contributed by atoms with Gasteiger partial charge in [-0.1, -0.05) is 31.9 Å². The van der Waals surface area contributed by atoms with Gasteiger partial charge in [-0.3, -0.25) is 5.10 Å². The maximum atomic E-state index is 12.8. The van der Waals surface area contributed by atoms with Gasteiger partial charge in [0.15, 0.2) is 5.82 Å². The number of rotatable bonds is 2.